The van der Waals surface area contributed by atoms with Crippen molar-refractivity contribution in [2.75, 3.05) is 54.4 Å². The number of hydrogen-bond donors (Lipinski definition) is 3. The zero-order valence-corrected chi connectivity index (χ0v) is 31.9. The summed E-state index contributed by atoms with van der Waals surface area (Å²) in [6.45, 7) is 7.56. The minimum atomic E-state index is -0.988. The lowest BCUT2D eigenvalue weighted by molar-refractivity contribution is -0.136. The molecule has 1 atom stereocenters. The van der Waals surface area contributed by atoms with Crippen LogP contribution in [0.3, 0.4) is 0 Å². The molecular formula is C41H43N9O5S. The Bertz CT molecular complexity index is 2180. The van der Waals surface area contributed by atoms with Crippen LogP contribution in [0, 0.1) is 0 Å². The van der Waals surface area contributed by atoms with Gasteiger partial charge < -0.3 is 20.9 Å². The zero-order chi connectivity index (χ0) is 39.0. The molecule has 0 bridgehead atoms. The van der Waals surface area contributed by atoms with Gasteiger partial charge in [-0.15, -0.1) is 0 Å². The van der Waals surface area contributed by atoms with E-state index in [0.717, 1.165) is 90.5 Å². The van der Waals surface area contributed by atoms with Gasteiger partial charge >= 0.3 is 0 Å². The van der Waals surface area contributed by atoms with Gasteiger partial charge in [-0.3, -0.25) is 39.1 Å². The van der Waals surface area contributed by atoms with Crippen molar-refractivity contribution in [1.29, 1.82) is 0 Å². The highest BCUT2D eigenvalue weighted by molar-refractivity contribution is 7.99. The van der Waals surface area contributed by atoms with Crippen molar-refractivity contribution in [2.45, 2.75) is 60.7 Å². The fraction of sp³-hybridized carbons (Fsp3) is 0.341. The number of anilines is 3. The van der Waals surface area contributed by atoms with Crippen molar-refractivity contribution >= 4 is 58.5 Å². The smallest absolute Gasteiger partial charge is 0.262 e. The molecule has 0 spiro atoms. The number of nitrogens with zero attached hydrogens (tertiary/aromatic N) is 6. The first kappa shape index (κ1) is 37.3. The predicted molar refractivity (Wildman–Crippen MR) is 212 cm³/mol. The second kappa shape index (κ2) is 15.5. The number of imide groups is 2. The van der Waals surface area contributed by atoms with Gasteiger partial charge in [-0.2, -0.15) is 0 Å². The second-order valence-corrected chi connectivity index (χ2v) is 16.2. The number of aromatic nitrogens is 2. The number of hydrogen-bond acceptors (Lipinski definition) is 12. The van der Waals surface area contributed by atoms with Gasteiger partial charge in [-0.1, -0.05) is 30.0 Å². The van der Waals surface area contributed by atoms with E-state index in [0.29, 0.717) is 11.3 Å². The van der Waals surface area contributed by atoms with Crippen LogP contribution in [0.1, 0.15) is 69.2 Å². The van der Waals surface area contributed by atoms with Crippen molar-refractivity contribution in [2.24, 2.45) is 5.73 Å². The number of rotatable bonds is 9. The van der Waals surface area contributed by atoms with Gasteiger partial charge in [0, 0.05) is 79.6 Å². The normalized spacial score (nSPS) is 19.9. The van der Waals surface area contributed by atoms with Crippen LogP contribution < -0.4 is 26.2 Å². The number of benzene rings is 3. The molecule has 4 aliphatic rings. The first-order chi connectivity index (χ1) is 27.0. The molecule has 288 valence electrons. The van der Waals surface area contributed by atoms with Gasteiger partial charge in [0.2, 0.25) is 11.8 Å². The lowest BCUT2D eigenvalue weighted by Crippen LogP contribution is -2.54. The van der Waals surface area contributed by atoms with Gasteiger partial charge in [-0.25, -0.2) is 9.97 Å². The maximum absolute atomic E-state index is 13.3. The quantitative estimate of drug-likeness (QED) is 0.210. The summed E-state index contributed by atoms with van der Waals surface area (Å²) in [5.74, 6) is -1.38. The van der Waals surface area contributed by atoms with Crippen LogP contribution in [0.4, 0.5) is 17.2 Å². The average Bonchev–Trinajstić information content (AvgIpc) is 3.44. The first-order valence-corrected chi connectivity index (χ1v) is 19.7. The average molecular weight is 774 g/mol. The van der Waals surface area contributed by atoms with Crippen LogP contribution in [0.5, 0.6) is 0 Å². The van der Waals surface area contributed by atoms with Crippen molar-refractivity contribution in [3.05, 3.63) is 101 Å². The predicted octanol–water partition coefficient (Wildman–Crippen LogP) is 3.92. The summed E-state index contributed by atoms with van der Waals surface area (Å²) in [5.41, 5.74) is 9.88. The van der Waals surface area contributed by atoms with Crippen molar-refractivity contribution in [3.8, 4) is 0 Å². The summed E-state index contributed by atoms with van der Waals surface area (Å²) >= 11 is 1.49. The Labute approximate surface area is 328 Å². The minimum absolute atomic E-state index is 0.0804. The Hall–Kier alpha value is -5.64. The molecule has 5 heterocycles. The Kier molecular flexibility index (Phi) is 10.3. The molecular weight excluding hydrogens is 731 g/mol. The Morgan fingerprint density at radius 1 is 0.875 bits per heavy atom. The lowest BCUT2D eigenvalue weighted by Gasteiger charge is -2.37. The molecule has 3 aromatic carbocycles. The van der Waals surface area contributed by atoms with Crippen LogP contribution >= 0.6 is 11.8 Å². The highest BCUT2D eigenvalue weighted by Crippen LogP contribution is 2.32. The highest BCUT2D eigenvalue weighted by Gasteiger charge is 2.44. The monoisotopic (exact) mass is 773 g/mol. The number of piperazine rings is 1. The molecule has 4 aromatic rings. The molecule has 5 amide bonds. The molecule has 4 N–H and O–H groups in total. The number of nitrogens with two attached hydrogens (primary N) is 1. The molecule has 3 fully saturated rings. The van der Waals surface area contributed by atoms with Gasteiger partial charge in [0.25, 0.3) is 17.7 Å². The molecule has 1 unspecified atom stereocenters. The molecule has 3 saturated heterocycles. The van der Waals surface area contributed by atoms with Crippen molar-refractivity contribution in [1.82, 2.24) is 25.1 Å². The molecule has 0 saturated carbocycles. The van der Waals surface area contributed by atoms with Crippen LogP contribution in [-0.2, 0) is 16.1 Å². The van der Waals surface area contributed by atoms with Gasteiger partial charge in [0.1, 0.15) is 16.9 Å². The highest BCUT2D eigenvalue weighted by atomic mass is 32.2. The van der Waals surface area contributed by atoms with Crippen LogP contribution in [0.2, 0.25) is 0 Å². The molecule has 0 radical (unpaired) electrons. The number of carbonyl (C=O) groups excluding carboxylic acids is 5. The zero-order valence-electron chi connectivity index (χ0n) is 31.1. The SMILES string of the molecule is CC1(N)CCN(c2cnc(Sc3cccc(NC(=O)c4ccc(CN5CCN(c6ccc7c(c6)C(=O)N(C6CCC(=O)NC6=O)C7=O)CC5)cc4)c3)cn2)CC1. The van der Waals surface area contributed by atoms with E-state index < -0.39 is 29.7 Å². The Balaban J connectivity index is 0.813. The van der Waals surface area contributed by atoms with E-state index >= 15 is 0 Å². The van der Waals surface area contributed by atoms with Crippen molar-refractivity contribution in [3.63, 3.8) is 0 Å². The van der Waals surface area contributed by atoms with Gasteiger partial charge in [-0.05, 0) is 80.3 Å². The summed E-state index contributed by atoms with van der Waals surface area (Å²) in [6, 6.07) is 19.5. The van der Waals surface area contributed by atoms with Gasteiger partial charge in [0.15, 0.2) is 0 Å². The third-order valence-corrected chi connectivity index (χ3v) is 11.9. The fourth-order valence-corrected chi connectivity index (χ4v) is 8.36. The molecule has 15 heteroatoms. The maximum atomic E-state index is 13.3. The largest absolute Gasteiger partial charge is 0.369 e. The second-order valence-electron chi connectivity index (χ2n) is 15.1. The summed E-state index contributed by atoms with van der Waals surface area (Å²) in [5, 5.41) is 6.02. The van der Waals surface area contributed by atoms with E-state index in [2.05, 4.69) is 42.2 Å². The Morgan fingerprint density at radius 2 is 1.62 bits per heavy atom. The van der Waals surface area contributed by atoms with Crippen LogP contribution in [0.15, 0.2) is 89.0 Å². The third kappa shape index (κ3) is 8.01. The lowest BCUT2D eigenvalue weighted by atomic mass is 9.91. The summed E-state index contributed by atoms with van der Waals surface area (Å²) in [6.07, 6.45) is 5.63. The van der Waals surface area contributed by atoms with E-state index in [-0.39, 0.29) is 35.4 Å². The number of amides is 5. The van der Waals surface area contributed by atoms with E-state index in [4.69, 9.17) is 5.73 Å². The number of fused-ring (bicyclic) bond motifs is 1. The molecule has 8 rings (SSSR count). The fourth-order valence-electron chi connectivity index (χ4n) is 7.57. The molecule has 56 heavy (non-hydrogen) atoms. The van der Waals surface area contributed by atoms with E-state index in [1.54, 1.807) is 18.3 Å². The summed E-state index contributed by atoms with van der Waals surface area (Å²) in [4.78, 5) is 81.5. The van der Waals surface area contributed by atoms with E-state index in [1.807, 2.05) is 60.8 Å². The Morgan fingerprint density at radius 3 is 2.34 bits per heavy atom. The summed E-state index contributed by atoms with van der Waals surface area (Å²) < 4.78 is 0. The molecule has 4 aliphatic heterocycles. The maximum Gasteiger partial charge on any atom is 0.262 e. The number of piperidine rings is 2. The first-order valence-electron chi connectivity index (χ1n) is 18.9. The minimum Gasteiger partial charge on any atom is -0.369 e. The third-order valence-electron chi connectivity index (χ3n) is 10.9. The summed E-state index contributed by atoms with van der Waals surface area (Å²) in [7, 11) is 0. The standard InChI is InChI=1S/C41H43N9O5S/c1-41(42)13-15-49(16-14-41)34-23-44-36(24-43-34)56-30-4-2-3-28(21-30)45-37(52)27-7-5-26(6-8-27)25-47-17-19-48(20-18-47)29-9-10-31-32(22-29)40(55)50(39(31)54)33-11-12-35(51)46-38(33)53/h2-10,21-24,33H,11-20,25,42H2,1H3,(H,45,52)(H,46,51,53). The number of carbonyl (C=O) groups is 5. The number of nitrogens with one attached hydrogen (secondary N) is 2. The van der Waals surface area contributed by atoms with E-state index in [9.17, 15) is 24.0 Å². The molecule has 14 nitrogen and oxygen atoms in total. The van der Waals surface area contributed by atoms with Crippen LogP contribution in [0.25, 0.3) is 0 Å². The van der Waals surface area contributed by atoms with E-state index in [1.165, 1.54) is 11.8 Å². The topological polar surface area (TPSA) is 174 Å². The van der Waals surface area contributed by atoms with Crippen LogP contribution in [-0.4, -0.2) is 100 Å². The van der Waals surface area contributed by atoms with Gasteiger partial charge in [0.05, 0.1) is 23.5 Å². The molecule has 1 aromatic heterocycles. The van der Waals surface area contributed by atoms with Crippen molar-refractivity contribution < 1.29 is 24.0 Å². The molecule has 0 aliphatic carbocycles.